The lowest BCUT2D eigenvalue weighted by Gasteiger charge is -2.27. The van der Waals surface area contributed by atoms with Gasteiger partial charge in [-0.2, -0.15) is 13.2 Å². The van der Waals surface area contributed by atoms with E-state index in [-0.39, 0.29) is 58.3 Å². The first kappa shape index (κ1) is 39.1. The predicted octanol–water partition coefficient (Wildman–Crippen LogP) is -0.537. The number of rotatable bonds is 17. The fourth-order valence-corrected chi connectivity index (χ4v) is 5.47. The molecule has 1 aliphatic rings. The fraction of sp³-hybridized carbons (Fsp3) is 0.531. The van der Waals surface area contributed by atoms with Gasteiger partial charge >= 0.3 is 13.3 Å². The SMILES string of the molecule is CC1(C)OB(O)c2cc(CC(=O)[C@@H](CCc3ccc(C(F)(F)F)cc3)NC(=O)[C@@H](N)CCC(=O)N(C[C@@H](O)CN)C[C@@H](O)CN)ccc21. The van der Waals surface area contributed by atoms with Crippen LogP contribution in [-0.4, -0.2) is 95.3 Å². The number of Topliss-reactive ketones (excluding diaryl/α,β-unsaturated/α-hetero) is 1. The third kappa shape index (κ3) is 10.8. The average Bonchev–Trinajstić information content (AvgIpc) is 3.27. The summed E-state index contributed by atoms with van der Waals surface area (Å²) >= 11 is 0. The van der Waals surface area contributed by atoms with Gasteiger partial charge < -0.3 is 47.3 Å². The van der Waals surface area contributed by atoms with Crippen LogP contribution in [0.25, 0.3) is 0 Å². The summed E-state index contributed by atoms with van der Waals surface area (Å²) < 4.78 is 44.7. The minimum Gasteiger partial charge on any atom is -0.423 e. The van der Waals surface area contributed by atoms with Gasteiger partial charge in [0.1, 0.15) is 0 Å². The van der Waals surface area contributed by atoms with Crippen molar-refractivity contribution in [2.24, 2.45) is 17.2 Å². The van der Waals surface area contributed by atoms with Gasteiger partial charge in [0.15, 0.2) is 5.78 Å². The lowest BCUT2D eigenvalue weighted by atomic mass is 9.77. The van der Waals surface area contributed by atoms with Crippen LogP contribution in [0.2, 0.25) is 0 Å². The summed E-state index contributed by atoms with van der Waals surface area (Å²) in [5.74, 6) is -1.62. The molecule has 0 saturated carbocycles. The zero-order chi connectivity index (χ0) is 35.8. The number of nitrogens with one attached hydrogen (secondary N) is 1. The Labute approximate surface area is 277 Å². The number of aryl methyl sites for hydroxylation is 1. The van der Waals surface area contributed by atoms with Crippen molar-refractivity contribution < 1.29 is 47.4 Å². The number of halogens is 3. The number of fused-ring (bicyclic) bond motifs is 1. The van der Waals surface area contributed by atoms with E-state index in [4.69, 9.17) is 21.9 Å². The number of hydrogen-bond acceptors (Lipinski definition) is 10. The van der Waals surface area contributed by atoms with Crippen molar-refractivity contribution in [3.8, 4) is 0 Å². The number of benzene rings is 2. The highest BCUT2D eigenvalue weighted by molar-refractivity contribution is 6.62. The van der Waals surface area contributed by atoms with Crippen molar-refractivity contribution >= 4 is 30.2 Å². The molecule has 2 amide bonds. The summed E-state index contributed by atoms with van der Waals surface area (Å²) in [5.41, 5.74) is 17.8. The zero-order valence-electron chi connectivity index (χ0n) is 27.1. The minimum atomic E-state index is -4.50. The molecule has 12 nitrogen and oxygen atoms in total. The van der Waals surface area contributed by atoms with E-state index in [1.54, 1.807) is 32.0 Å². The van der Waals surface area contributed by atoms with Crippen LogP contribution in [-0.2, 0) is 43.7 Å². The molecule has 2 aromatic rings. The molecule has 0 saturated heterocycles. The summed E-state index contributed by atoms with van der Waals surface area (Å²) in [4.78, 5) is 40.8. The fourth-order valence-electron chi connectivity index (χ4n) is 5.47. The van der Waals surface area contributed by atoms with Gasteiger partial charge in [0.2, 0.25) is 11.8 Å². The van der Waals surface area contributed by atoms with Crippen molar-refractivity contribution in [3.63, 3.8) is 0 Å². The Hall–Kier alpha value is -3.38. The van der Waals surface area contributed by atoms with Gasteiger partial charge in [-0.3, -0.25) is 14.4 Å². The Morgan fingerprint density at radius 2 is 1.56 bits per heavy atom. The molecule has 0 bridgehead atoms. The average molecular weight is 680 g/mol. The predicted molar refractivity (Wildman–Crippen MR) is 172 cm³/mol. The Balaban J connectivity index is 1.72. The van der Waals surface area contributed by atoms with Crippen LogP contribution in [0.3, 0.4) is 0 Å². The summed E-state index contributed by atoms with van der Waals surface area (Å²) in [6, 6.07) is 7.35. The molecule has 0 spiro atoms. The molecule has 0 radical (unpaired) electrons. The maximum absolute atomic E-state index is 13.6. The molecular weight excluding hydrogens is 634 g/mol. The first-order chi connectivity index (χ1) is 22.4. The van der Waals surface area contributed by atoms with Gasteiger partial charge in [-0.1, -0.05) is 30.3 Å². The molecule has 1 aliphatic heterocycles. The number of nitrogens with two attached hydrogens (primary N) is 3. The topological polar surface area (TPSA) is 214 Å². The number of hydrogen-bond donors (Lipinski definition) is 7. The molecule has 1 heterocycles. The van der Waals surface area contributed by atoms with Gasteiger partial charge in [-0.25, -0.2) is 0 Å². The first-order valence-electron chi connectivity index (χ1n) is 15.7. The van der Waals surface area contributed by atoms with Crippen molar-refractivity contribution in [3.05, 3.63) is 64.7 Å². The summed E-state index contributed by atoms with van der Waals surface area (Å²) in [5, 5.41) is 32.9. The Bertz CT molecular complexity index is 1400. The van der Waals surface area contributed by atoms with Gasteiger partial charge in [0.25, 0.3) is 0 Å². The number of alkyl halides is 3. The van der Waals surface area contributed by atoms with Gasteiger partial charge in [-0.05, 0) is 67.4 Å². The summed E-state index contributed by atoms with van der Waals surface area (Å²) in [6.07, 6.45) is -6.85. The Morgan fingerprint density at radius 1 is 0.979 bits per heavy atom. The first-order valence-corrected chi connectivity index (χ1v) is 15.7. The maximum atomic E-state index is 13.6. The standard InChI is InChI=1S/C32H45BF3N5O7/c1-31(2)24-9-5-20(13-25(24)33(47)48-31)14-28(44)27(11-6-19-3-7-21(8-4-19)32(34,35)36)40-30(46)26(39)10-12-29(45)41(17-22(42)15-37)18-23(43)16-38/h3-5,7-9,13,22-23,26-27,42-43,47H,6,10-12,14-18,37-39H2,1-2H3,(H,40,46)/t22-,23-,26-,27+/m0/s1. The van der Waals surface area contributed by atoms with Crippen LogP contribution in [0.1, 0.15) is 55.4 Å². The molecule has 2 aromatic carbocycles. The molecule has 0 aromatic heterocycles. The Kier molecular flexibility index (Phi) is 13.7. The van der Waals surface area contributed by atoms with Gasteiger partial charge in [0.05, 0.1) is 35.5 Å². The zero-order valence-corrected chi connectivity index (χ0v) is 27.1. The third-order valence-corrected chi connectivity index (χ3v) is 8.29. The van der Waals surface area contributed by atoms with E-state index in [0.29, 0.717) is 16.6 Å². The van der Waals surface area contributed by atoms with E-state index in [2.05, 4.69) is 5.32 Å². The van der Waals surface area contributed by atoms with E-state index < -0.39 is 66.3 Å². The van der Waals surface area contributed by atoms with E-state index in [9.17, 15) is 42.8 Å². The molecule has 4 atom stereocenters. The van der Waals surface area contributed by atoms with Crippen LogP contribution in [0.4, 0.5) is 13.2 Å². The van der Waals surface area contributed by atoms with Crippen LogP contribution >= 0.6 is 0 Å². The highest BCUT2D eigenvalue weighted by atomic mass is 19.4. The van der Waals surface area contributed by atoms with E-state index >= 15 is 0 Å². The normalized spacial score (nSPS) is 16.5. The van der Waals surface area contributed by atoms with E-state index in [0.717, 1.165) is 17.7 Å². The second-order valence-electron chi connectivity index (χ2n) is 12.6. The molecule has 0 unspecified atom stereocenters. The smallest absolute Gasteiger partial charge is 0.423 e. The van der Waals surface area contributed by atoms with E-state index in [1.165, 1.54) is 17.0 Å². The molecule has 0 fully saturated rings. The van der Waals surface area contributed by atoms with Crippen molar-refractivity contribution in [2.45, 2.75) is 82.0 Å². The highest BCUT2D eigenvalue weighted by Gasteiger charge is 2.40. The van der Waals surface area contributed by atoms with Crippen LogP contribution in [0, 0.1) is 0 Å². The summed E-state index contributed by atoms with van der Waals surface area (Å²) in [6.45, 7) is 3.06. The maximum Gasteiger partial charge on any atom is 0.492 e. The van der Waals surface area contributed by atoms with Crippen LogP contribution in [0.5, 0.6) is 0 Å². The lowest BCUT2D eigenvalue weighted by molar-refractivity contribution is -0.137. The number of ketones is 1. The van der Waals surface area contributed by atoms with Crippen LogP contribution in [0.15, 0.2) is 42.5 Å². The van der Waals surface area contributed by atoms with Crippen molar-refractivity contribution in [2.75, 3.05) is 26.2 Å². The second-order valence-corrected chi connectivity index (χ2v) is 12.6. The van der Waals surface area contributed by atoms with Gasteiger partial charge in [-0.15, -0.1) is 0 Å². The number of carbonyl (C=O) groups excluding carboxylic acids is 3. The monoisotopic (exact) mass is 679 g/mol. The molecule has 10 N–H and O–H groups in total. The van der Waals surface area contributed by atoms with Gasteiger partial charge in [0, 0.05) is 39.0 Å². The molecular formula is C32H45BF3N5O7. The molecule has 48 heavy (non-hydrogen) atoms. The second kappa shape index (κ2) is 16.8. The molecule has 16 heteroatoms. The highest BCUT2D eigenvalue weighted by Crippen LogP contribution is 2.31. The largest absolute Gasteiger partial charge is 0.492 e. The van der Waals surface area contributed by atoms with Crippen molar-refractivity contribution in [1.29, 1.82) is 0 Å². The number of aliphatic hydroxyl groups excluding tert-OH is 2. The number of carbonyl (C=O) groups is 3. The number of nitrogens with zero attached hydrogens (tertiary/aromatic N) is 1. The third-order valence-electron chi connectivity index (χ3n) is 8.29. The summed E-state index contributed by atoms with van der Waals surface area (Å²) in [7, 11) is -1.17. The molecule has 0 aliphatic carbocycles. The molecule has 3 rings (SSSR count). The minimum absolute atomic E-state index is 0.0486. The lowest BCUT2D eigenvalue weighted by Crippen LogP contribution is -2.50. The molecule has 264 valence electrons. The van der Waals surface area contributed by atoms with E-state index in [1.807, 2.05) is 0 Å². The number of aliphatic hydroxyl groups is 2. The quantitative estimate of drug-likeness (QED) is 0.106. The number of amides is 2. The Morgan fingerprint density at radius 3 is 2.12 bits per heavy atom. The van der Waals surface area contributed by atoms with Crippen LogP contribution < -0.4 is 28.0 Å². The van der Waals surface area contributed by atoms with Crippen molar-refractivity contribution in [1.82, 2.24) is 10.2 Å².